The minimum atomic E-state index is -1.79. The first kappa shape index (κ1) is 31.2. The molecular formula is C20H34N6O9. The van der Waals surface area contributed by atoms with E-state index in [0.29, 0.717) is 6.42 Å². The van der Waals surface area contributed by atoms with Crippen LogP contribution in [0.3, 0.4) is 0 Å². The van der Waals surface area contributed by atoms with E-state index >= 15 is 0 Å². The third-order valence-electron chi connectivity index (χ3n) is 5.14. The molecule has 0 bridgehead atoms. The van der Waals surface area contributed by atoms with Gasteiger partial charge in [0.15, 0.2) is 0 Å². The maximum Gasteiger partial charge on any atom is 0.326 e. The first-order chi connectivity index (χ1) is 16.2. The Balaban J connectivity index is 5.62. The average Bonchev–Trinajstić information content (AvgIpc) is 2.76. The average molecular weight is 503 g/mol. The van der Waals surface area contributed by atoms with E-state index < -0.39 is 78.0 Å². The highest BCUT2D eigenvalue weighted by molar-refractivity contribution is 5.95. The van der Waals surface area contributed by atoms with E-state index in [1.807, 2.05) is 5.32 Å². The Morgan fingerprint density at radius 2 is 1.29 bits per heavy atom. The highest BCUT2D eigenvalue weighted by atomic mass is 16.4. The molecule has 35 heavy (non-hydrogen) atoms. The van der Waals surface area contributed by atoms with Gasteiger partial charge in [0, 0.05) is 12.8 Å². The number of carboxylic acids is 2. The predicted molar refractivity (Wildman–Crippen MR) is 120 cm³/mol. The van der Waals surface area contributed by atoms with Crippen LogP contribution in [-0.2, 0) is 33.6 Å². The molecule has 0 spiro atoms. The van der Waals surface area contributed by atoms with E-state index in [0.717, 1.165) is 0 Å². The van der Waals surface area contributed by atoms with Gasteiger partial charge >= 0.3 is 11.9 Å². The second-order valence-electron chi connectivity index (χ2n) is 8.05. The second-order valence-corrected chi connectivity index (χ2v) is 8.05. The van der Waals surface area contributed by atoms with Gasteiger partial charge in [0.2, 0.25) is 29.5 Å². The molecule has 0 aliphatic carbocycles. The standard InChI is InChI=1S/C20H34N6O9/c1-3-9(2)16(26-17(31)10(21)4-6-13(22)27)19(33)24-11(5-7-14(23)28)18(32)25-12(20(34)35)8-15(29)30/h9-12,16H,3-8,21H2,1-2H3,(H2,22,27)(H2,23,28)(H,24,33)(H,25,32)(H,26,31)(H,29,30)(H,34,35). The lowest BCUT2D eigenvalue weighted by Crippen LogP contribution is -2.58. The molecule has 11 N–H and O–H groups in total. The molecular weight excluding hydrogens is 468 g/mol. The molecule has 0 aromatic rings. The Bertz CT molecular complexity index is 819. The Morgan fingerprint density at radius 3 is 1.74 bits per heavy atom. The van der Waals surface area contributed by atoms with Crippen LogP contribution in [0.1, 0.15) is 52.4 Å². The summed E-state index contributed by atoms with van der Waals surface area (Å²) in [5.74, 6) is -7.62. The van der Waals surface area contributed by atoms with Gasteiger partial charge in [-0.1, -0.05) is 20.3 Å². The van der Waals surface area contributed by atoms with Crippen molar-refractivity contribution < 1.29 is 43.8 Å². The Labute approximate surface area is 201 Å². The topological polar surface area (TPSA) is 274 Å². The summed E-state index contributed by atoms with van der Waals surface area (Å²) in [6, 6.07) is -5.56. The van der Waals surface area contributed by atoms with E-state index in [2.05, 4.69) is 10.6 Å². The number of primary amides is 2. The number of nitrogens with two attached hydrogens (primary N) is 3. The Morgan fingerprint density at radius 1 is 0.771 bits per heavy atom. The predicted octanol–water partition coefficient (Wildman–Crippen LogP) is -3.10. The molecule has 5 atom stereocenters. The Kier molecular flexibility index (Phi) is 13.6. The van der Waals surface area contributed by atoms with Crippen LogP contribution >= 0.6 is 0 Å². The van der Waals surface area contributed by atoms with Gasteiger partial charge in [0.25, 0.3) is 0 Å². The first-order valence-electron chi connectivity index (χ1n) is 10.9. The minimum absolute atomic E-state index is 0.0557. The molecule has 5 unspecified atom stereocenters. The summed E-state index contributed by atoms with van der Waals surface area (Å²) in [4.78, 5) is 82.3. The van der Waals surface area contributed by atoms with Gasteiger partial charge < -0.3 is 43.4 Å². The molecule has 0 aliphatic rings. The SMILES string of the molecule is CCC(C)C(NC(=O)C(N)CCC(N)=O)C(=O)NC(CCC(N)=O)C(=O)NC(CC(=O)O)C(=O)O. The highest BCUT2D eigenvalue weighted by Crippen LogP contribution is 2.10. The monoisotopic (exact) mass is 502 g/mol. The minimum Gasteiger partial charge on any atom is -0.481 e. The van der Waals surface area contributed by atoms with Crippen LogP contribution in [0.2, 0.25) is 0 Å². The lowest BCUT2D eigenvalue weighted by atomic mass is 9.96. The van der Waals surface area contributed by atoms with Crippen LogP contribution < -0.4 is 33.2 Å². The number of hydrogen-bond acceptors (Lipinski definition) is 8. The zero-order valence-corrected chi connectivity index (χ0v) is 19.6. The van der Waals surface area contributed by atoms with Crippen LogP contribution in [0.5, 0.6) is 0 Å². The molecule has 15 nitrogen and oxygen atoms in total. The fourth-order valence-corrected chi connectivity index (χ4v) is 2.85. The van der Waals surface area contributed by atoms with Gasteiger partial charge in [-0.3, -0.25) is 28.8 Å². The van der Waals surface area contributed by atoms with Crippen LogP contribution in [0.15, 0.2) is 0 Å². The maximum absolute atomic E-state index is 13.0. The maximum atomic E-state index is 13.0. The smallest absolute Gasteiger partial charge is 0.326 e. The number of hydrogen-bond donors (Lipinski definition) is 8. The molecule has 0 radical (unpaired) electrons. The second kappa shape index (κ2) is 15.2. The van der Waals surface area contributed by atoms with Crippen LogP contribution in [0.25, 0.3) is 0 Å². The molecule has 0 saturated carbocycles. The van der Waals surface area contributed by atoms with E-state index in [1.165, 1.54) is 0 Å². The van der Waals surface area contributed by atoms with Crippen molar-refractivity contribution in [1.82, 2.24) is 16.0 Å². The summed E-state index contributed by atoms with van der Waals surface area (Å²) in [5.41, 5.74) is 15.9. The lowest BCUT2D eigenvalue weighted by Gasteiger charge is -2.27. The van der Waals surface area contributed by atoms with E-state index in [9.17, 15) is 33.6 Å². The number of nitrogens with one attached hydrogen (secondary N) is 3. The molecule has 0 fully saturated rings. The molecule has 0 aromatic carbocycles. The zero-order chi connectivity index (χ0) is 27.3. The van der Waals surface area contributed by atoms with Crippen molar-refractivity contribution in [3.05, 3.63) is 0 Å². The van der Waals surface area contributed by atoms with Gasteiger partial charge in [0.1, 0.15) is 18.1 Å². The molecule has 15 heteroatoms. The fourth-order valence-electron chi connectivity index (χ4n) is 2.85. The summed E-state index contributed by atoms with van der Waals surface area (Å²) in [5, 5.41) is 24.8. The van der Waals surface area contributed by atoms with E-state index in [1.54, 1.807) is 13.8 Å². The number of rotatable bonds is 17. The first-order valence-corrected chi connectivity index (χ1v) is 10.9. The van der Waals surface area contributed by atoms with Crippen molar-refractivity contribution in [2.24, 2.45) is 23.1 Å². The number of carbonyl (C=O) groups excluding carboxylic acids is 5. The van der Waals surface area contributed by atoms with Gasteiger partial charge in [0.05, 0.1) is 12.5 Å². The zero-order valence-electron chi connectivity index (χ0n) is 19.6. The van der Waals surface area contributed by atoms with Gasteiger partial charge in [-0.15, -0.1) is 0 Å². The highest BCUT2D eigenvalue weighted by Gasteiger charge is 2.33. The Hall–Kier alpha value is -3.75. The molecule has 5 amide bonds. The molecule has 198 valence electrons. The van der Waals surface area contributed by atoms with Crippen LogP contribution in [0, 0.1) is 5.92 Å². The normalized spacial score (nSPS) is 14.9. The summed E-state index contributed by atoms with van der Waals surface area (Å²) < 4.78 is 0. The molecule has 0 aromatic heterocycles. The third-order valence-corrected chi connectivity index (χ3v) is 5.14. The van der Waals surface area contributed by atoms with Crippen LogP contribution in [-0.4, -0.2) is 75.9 Å². The van der Waals surface area contributed by atoms with E-state index in [-0.39, 0.29) is 25.7 Å². The summed E-state index contributed by atoms with van der Waals surface area (Å²) in [7, 11) is 0. The van der Waals surface area contributed by atoms with Gasteiger partial charge in [-0.05, 0) is 18.8 Å². The quantitative estimate of drug-likeness (QED) is 0.0991. The number of aliphatic carboxylic acids is 2. The van der Waals surface area contributed by atoms with Crippen molar-refractivity contribution in [3.8, 4) is 0 Å². The summed E-state index contributed by atoms with van der Waals surface area (Å²) in [6.45, 7) is 3.38. The van der Waals surface area contributed by atoms with Crippen molar-refractivity contribution in [3.63, 3.8) is 0 Å². The summed E-state index contributed by atoms with van der Waals surface area (Å²) >= 11 is 0. The van der Waals surface area contributed by atoms with Gasteiger partial charge in [-0.2, -0.15) is 0 Å². The van der Waals surface area contributed by atoms with Crippen molar-refractivity contribution in [2.45, 2.75) is 76.5 Å². The fraction of sp³-hybridized carbons (Fsp3) is 0.650. The van der Waals surface area contributed by atoms with Crippen molar-refractivity contribution in [2.75, 3.05) is 0 Å². The van der Waals surface area contributed by atoms with Gasteiger partial charge in [-0.25, -0.2) is 4.79 Å². The van der Waals surface area contributed by atoms with Crippen LogP contribution in [0.4, 0.5) is 0 Å². The molecule has 0 saturated heterocycles. The largest absolute Gasteiger partial charge is 0.481 e. The summed E-state index contributed by atoms with van der Waals surface area (Å²) in [6.07, 6.45) is -1.37. The van der Waals surface area contributed by atoms with Crippen molar-refractivity contribution >= 4 is 41.5 Å². The molecule has 0 aliphatic heterocycles. The van der Waals surface area contributed by atoms with E-state index in [4.69, 9.17) is 27.4 Å². The lowest BCUT2D eigenvalue weighted by molar-refractivity contribution is -0.147. The number of amides is 5. The molecule has 0 heterocycles. The third kappa shape index (κ3) is 12.3. The molecule has 0 rings (SSSR count). The number of carbonyl (C=O) groups is 7. The van der Waals surface area contributed by atoms with Crippen molar-refractivity contribution in [1.29, 1.82) is 0 Å². The number of carboxylic acid groups (broad SMARTS) is 2.